The van der Waals surface area contributed by atoms with Crippen LogP contribution >= 0.6 is 27.5 Å². The lowest BCUT2D eigenvalue weighted by Gasteiger charge is -2.16. The molecule has 136 valence electrons. The minimum absolute atomic E-state index is 0.0188. The predicted molar refractivity (Wildman–Crippen MR) is 103 cm³/mol. The Morgan fingerprint density at radius 1 is 1.32 bits per heavy atom. The van der Waals surface area contributed by atoms with Crippen molar-refractivity contribution >= 4 is 27.5 Å². The van der Waals surface area contributed by atoms with Crippen LogP contribution in [-0.4, -0.2) is 13.2 Å². The summed E-state index contributed by atoms with van der Waals surface area (Å²) in [6.07, 6.45) is 1.06. The van der Waals surface area contributed by atoms with Gasteiger partial charge in [-0.2, -0.15) is 0 Å². The minimum Gasteiger partial charge on any atom is -0.493 e. The van der Waals surface area contributed by atoms with E-state index < -0.39 is 5.82 Å². The van der Waals surface area contributed by atoms with Crippen molar-refractivity contribution in [2.75, 3.05) is 7.11 Å². The standard InChI is InChI=1S/C19H22BrClFNO2/c1-4-12(2)23-10-13-8-15(20)19(18(9-13)24-3)25-11-14-16(21)6-5-7-17(14)22/h5-9,12,23H,4,10-11H2,1-3H3/t12-/m1/s1. The predicted octanol–water partition coefficient (Wildman–Crippen LogP) is 5.72. The Bertz CT molecular complexity index is 707. The summed E-state index contributed by atoms with van der Waals surface area (Å²) in [6, 6.07) is 8.88. The van der Waals surface area contributed by atoms with Crippen molar-refractivity contribution in [3.63, 3.8) is 0 Å². The van der Waals surface area contributed by atoms with Gasteiger partial charge in [0.1, 0.15) is 12.4 Å². The first-order chi connectivity index (χ1) is 12.0. The molecule has 0 radical (unpaired) electrons. The van der Waals surface area contributed by atoms with Gasteiger partial charge >= 0.3 is 0 Å². The summed E-state index contributed by atoms with van der Waals surface area (Å²) in [5, 5.41) is 3.77. The molecule has 0 amide bonds. The summed E-state index contributed by atoms with van der Waals surface area (Å²) in [5.74, 6) is 0.717. The van der Waals surface area contributed by atoms with Gasteiger partial charge in [-0.3, -0.25) is 0 Å². The molecule has 0 aliphatic carbocycles. The molecule has 0 unspecified atom stereocenters. The normalized spacial score (nSPS) is 12.1. The van der Waals surface area contributed by atoms with Crippen LogP contribution in [0.25, 0.3) is 0 Å². The highest BCUT2D eigenvalue weighted by Gasteiger charge is 2.14. The van der Waals surface area contributed by atoms with E-state index in [-0.39, 0.29) is 6.61 Å². The molecule has 0 spiro atoms. The summed E-state index contributed by atoms with van der Waals surface area (Å²) in [7, 11) is 1.58. The van der Waals surface area contributed by atoms with Gasteiger partial charge in [0, 0.05) is 18.2 Å². The largest absolute Gasteiger partial charge is 0.493 e. The van der Waals surface area contributed by atoms with Crippen LogP contribution in [0.4, 0.5) is 4.39 Å². The third kappa shape index (κ3) is 5.33. The fourth-order valence-electron chi connectivity index (χ4n) is 2.27. The average Bonchev–Trinajstić information content (AvgIpc) is 2.60. The number of ether oxygens (including phenoxy) is 2. The quantitative estimate of drug-likeness (QED) is 0.581. The molecule has 0 aromatic heterocycles. The molecule has 0 heterocycles. The van der Waals surface area contributed by atoms with Gasteiger partial charge in [0.2, 0.25) is 0 Å². The minimum atomic E-state index is -0.392. The van der Waals surface area contributed by atoms with Gasteiger partial charge in [-0.25, -0.2) is 4.39 Å². The first kappa shape index (κ1) is 20.0. The fourth-order valence-corrected chi connectivity index (χ4v) is 3.09. The molecule has 0 bridgehead atoms. The highest BCUT2D eigenvalue weighted by molar-refractivity contribution is 9.10. The zero-order valence-electron chi connectivity index (χ0n) is 14.5. The Balaban J connectivity index is 2.17. The van der Waals surface area contributed by atoms with Crippen LogP contribution in [0.5, 0.6) is 11.5 Å². The van der Waals surface area contributed by atoms with E-state index >= 15 is 0 Å². The Labute approximate surface area is 161 Å². The molecule has 0 saturated heterocycles. The van der Waals surface area contributed by atoms with Gasteiger partial charge in [-0.1, -0.05) is 24.6 Å². The van der Waals surface area contributed by atoms with Crippen LogP contribution in [-0.2, 0) is 13.2 Å². The Morgan fingerprint density at radius 3 is 2.72 bits per heavy atom. The number of methoxy groups -OCH3 is 1. The van der Waals surface area contributed by atoms with E-state index in [9.17, 15) is 4.39 Å². The lowest BCUT2D eigenvalue weighted by atomic mass is 10.1. The third-order valence-electron chi connectivity index (χ3n) is 3.98. The van der Waals surface area contributed by atoms with E-state index in [4.69, 9.17) is 21.1 Å². The SMILES string of the molecule is CC[C@@H](C)NCc1cc(Br)c(OCc2c(F)cccc2Cl)c(OC)c1. The molecular weight excluding hydrogens is 409 g/mol. The molecule has 0 saturated carbocycles. The van der Waals surface area contributed by atoms with Crippen LogP contribution < -0.4 is 14.8 Å². The van der Waals surface area contributed by atoms with Gasteiger partial charge < -0.3 is 14.8 Å². The van der Waals surface area contributed by atoms with Crippen molar-refractivity contribution in [3.05, 3.63) is 56.8 Å². The van der Waals surface area contributed by atoms with Crippen LogP contribution in [0, 0.1) is 5.82 Å². The van der Waals surface area contributed by atoms with E-state index in [0.29, 0.717) is 28.1 Å². The van der Waals surface area contributed by atoms with Gasteiger partial charge in [0.05, 0.1) is 16.6 Å². The summed E-state index contributed by atoms with van der Waals surface area (Å²) >= 11 is 9.56. The first-order valence-corrected chi connectivity index (χ1v) is 9.28. The van der Waals surface area contributed by atoms with Gasteiger partial charge in [0.25, 0.3) is 0 Å². The van der Waals surface area contributed by atoms with Crippen molar-refractivity contribution in [2.45, 2.75) is 39.5 Å². The number of halogens is 3. The van der Waals surface area contributed by atoms with E-state index in [1.54, 1.807) is 19.2 Å². The number of hydrogen-bond donors (Lipinski definition) is 1. The smallest absolute Gasteiger partial charge is 0.175 e. The molecule has 0 aliphatic rings. The second-order valence-corrected chi connectivity index (χ2v) is 7.05. The highest BCUT2D eigenvalue weighted by atomic mass is 79.9. The molecular formula is C19H22BrClFNO2. The lowest BCUT2D eigenvalue weighted by Crippen LogP contribution is -2.24. The molecule has 25 heavy (non-hydrogen) atoms. The van der Waals surface area contributed by atoms with E-state index in [1.807, 2.05) is 12.1 Å². The second kappa shape index (κ2) is 9.41. The van der Waals surface area contributed by atoms with Crippen LogP contribution in [0.15, 0.2) is 34.8 Å². The van der Waals surface area contributed by atoms with Crippen molar-refractivity contribution in [1.29, 1.82) is 0 Å². The molecule has 1 N–H and O–H groups in total. The second-order valence-electron chi connectivity index (χ2n) is 5.79. The van der Waals surface area contributed by atoms with Gasteiger partial charge in [-0.15, -0.1) is 0 Å². The van der Waals surface area contributed by atoms with E-state index in [1.165, 1.54) is 6.07 Å². The Morgan fingerprint density at radius 2 is 2.08 bits per heavy atom. The van der Waals surface area contributed by atoms with Crippen molar-refractivity contribution in [3.8, 4) is 11.5 Å². The molecule has 2 rings (SSSR count). The molecule has 0 aliphatic heterocycles. The maximum atomic E-state index is 13.9. The Kier molecular flexibility index (Phi) is 7.54. The van der Waals surface area contributed by atoms with E-state index in [0.717, 1.165) is 23.0 Å². The van der Waals surface area contributed by atoms with Crippen molar-refractivity contribution in [1.82, 2.24) is 5.32 Å². The molecule has 6 heteroatoms. The highest BCUT2D eigenvalue weighted by Crippen LogP contribution is 2.37. The maximum Gasteiger partial charge on any atom is 0.175 e. The maximum absolute atomic E-state index is 13.9. The Hall–Kier alpha value is -1.30. The van der Waals surface area contributed by atoms with E-state index in [2.05, 4.69) is 35.1 Å². The molecule has 1 atom stereocenters. The lowest BCUT2D eigenvalue weighted by molar-refractivity contribution is 0.277. The van der Waals surface area contributed by atoms with Crippen LogP contribution in [0.2, 0.25) is 5.02 Å². The molecule has 2 aromatic rings. The molecule has 2 aromatic carbocycles. The summed E-state index contributed by atoms with van der Waals surface area (Å²) < 4.78 is 25.9. The molecule has 0 fully saturated rings. The molecule has 3 nitrogen and oxygen atoms in total. The van der Waals surface area contributed by atoms with Crippen LogP contribution in [0.3, 0.4) is 0 Å². The van der Waals surface area contributed by atoms with Crippen LogP contribution in [0.1, 0.15) is 31.4 Å². The monoisotopic (exact) mass is 429 g/mol. The zero-order chi connectivity index (χ0) is 18.4. The third-order valence-corrected chi connectivity index (χ3v) is 4.92. The van der Waals surface area contributed by atoms with Gasteiger partial charge in [-0.05, 0) is 59.1 Å². The number of benzene rings is 2. The topological polar surface area (TPSA) is 30.5 Å². The van der Waals surface area contributed by atoms with Gasteiger partial charge in [0.15, 0.2) is 11.5 Å². The first-order valence-electron chi connectivity index (χ1n) is 8.11. The van der Waals surface area contributed by atoms with Crippen molar-refractivity contribution in [2.24, 2.45) is 0 Å². The number of hydrogen-bond acceptors (Lipinski definition) is 3. The zero-order valence-corrected chi connectivity index (χ0v) is 16.9. The summed E-state index contributed by atoms with van der Waals surface area (Å²) in [5.41, 5.74) is 1.39. The number of rotatable bonds is 8. The number of nitrogens with one attached hydrogen (secondary N) is 1. The van der Waals surface area contributed by atoms with Crippen molar-refractivity contribution < 1.29 is 13.9 Å². The average molecular weight is 431 g/mol. The summed E-state index contributed by atoms with van der Waals surface area (Å²) in [6.45, 7) is 5.02. The summed E-state index contributed by atoms with van der Waals surface area (Å²) in [4.78, 5) is 0. The fraction of sp³-hybridized carbons (Fsp3) is 0.368.